The van der Waals surface area contributed by atoms with Gasteiger partial charge in [0, 0.05) is 0 Å². The first-order valence-electron chi connectivity index (χ1n) is 4.13. The zero-order valence-electron chi connectivity index (χ0n) is 7.81. The summed E-state index contributed by atoms with van der Waals surface area (Å²) < 4.78 is 26.1. The molecular weight excluding hydrogens is 228 g/mol. The topological polar surface area (TPSA) is 38.3 Å². The maximum Gasteiger partial charge on any atom is 0.277 e. The first kappa shape index (κ1) is 11.9. The Morgan fingerprint density at radius 2 is 2.13 bits per heavy atom. The summed E-state index contributed by atoms with van der Waals surface area (Å²) >= 11 is 5.32. The van der Waals surface area contributed by atoms with Crippen LogP contribution < -0.4 is 5.48 Å². The van der Waals surface area contributed by atoms with Crippen molar-refractivity contribution in [1.82, 2.24) is 5.48 Å². The molecule has 0 aliphatic rings. The van der Waals surface area contributed by atoms with E-state index in [0.717, 1.165) is 6.07 Å². The maximum atomic E-state index is 13.1. The van der Waals surface area contributed by atoms with Gasteiger partial charge >= 0.3 is 0 Å². The van der Waals surface area contributed by atoms with Crippen LogP contribution in [0.4, 0.5) is 8.78 Å². The molecule has 3 nitrogen and oxygen atoms in total. The Balaban J connectivity index is 2.94. The molecule has 0 saturated carbocycles. The molecule has 0 aliphatic heterocycles. The van der Waals surface area contributed by atoms with E-state index in [1.165, 1.54) is 0 Å². The molecule has 1 rings (SSSR count). The van der Waals surface area contributed by atoms with Crippen LogP contribution >= 0.6 is 11.6 Å². The first-order chi connectivity index (χ1) is 7.06. The molecule has 1 amide bonds. The first-order valence-corrected chi connectivity index (χ1v) is 4.50. The van der Waals surface area contributed by atoms with Gasteiger partial charge in [-0.25, -0.2) is 14.3 Å². The fourth-order valence-corrected chi connectivity index (χ4v) is 1.04. The number of carbonyl (C=O) groups excluding carboxylic acids is 1. The minimum atomic E-state index is -0.904. The van der Waals surface area contributed by atoms with Crippen LogP contribution in [0.25, 0.3) is 0 Å². The van der Waals surface area contributed by atoms with Gasteiger partial charge in [-0.15, -0.1) is 0 Å². The average Bonchev–Trinajstić information content (AvgIpc) is 2.20. The van der Waals surface area contributed by atoms with Crippen LogP contribution in [0, 0.1) is 11.6 Å². The summed E-state index contributed by atoms with van der Waals surface area (Å²) in [6, 6.07) is 1.45. The van der Waals surface area contributed by atoms with Gasteiger partial charge in [0.2, 0.25) is 0 Å². The van der Waals surface area contributed by atoms with Gasteiger partial charge in [-0.3, -0.25) is 9.63 Å². The maximum absolute atomic E-state index is 13.1. The number of halogens is 3. The Morgan fingerprint density at radius 1 is 1.47 bits per heavy atom. The highest BCUT2D eigenvalue weighted by Gasteiger charge is 2.15. The highest BCUT2D eigenvalue weighted by molar-refractivity contribution is 6.30. The Bertz CT molecular complexity index is 385. The third-order valence-electron chi connectivity index (χ3n) is 1.56. The van der Waals surface area contributed by atoms with Crippen molar-refractivity contribution in [3.63, 3.8) is 0 Å². The Kier molecular flexibility index (Phi) is 3.99. The molecule has 0 saturated heterocycles. The molecule has 0 spiro atoms. The molecule has 6 heteroatoms. The molecule has 1 aromatic rings. The van der Waals surface area contributed by atoms with Crippen molar-refractivity contribution in [2.45, 2.75) is 6.92 Å². The molecule has 0 aromatic heterocycles. The number of rotatable bonds is 3. The standard InChI is InChI=1S/C9H8ClF2NO2/c1-2-15-13-9(14)5-3-8(12)6(10)4-7(5)11/h3-4H,2H2,1H3,(H,13,14). The molecule has 82 valence electrons. The Labute approximate surface area is 89.9 Å². The second-order valence-electron chi connectivity index (χ2n) is 2.61. The summed E-state index contributed by atoms with van der Waals surface area (Å²) in [6.07, 6.45) is 0. The van der Waals surface area contributed by atoms with Crippen LogP contribution in [0.1, 0.15) is 17.3 Å². The second kappa shape index (κ2) is 5.04. The zero-order chi connectivity index (χ0) is 11.4. The quantitative estimate of drug-likeness (QED) is 0.645. The van der Waals surface area contributed by atoms with Crippen molar-refractivity contribution >= 4 is 17.5 Å². The summed E-state index contributed by atoms with van der Waals surface area (Å²) in [7, 11) is 0. The number of amides is 1. The zero-order valence-corrected chi connectivity index (χ0v) is 8.57. The molecule has 0 bridgehead atoms. The molecule has 15 heavy (non-hydrogen) atoms. The number of carbonyl (C=O) groups is 1. The van der Waals surface area contributed by atoms with Gasteiger partial charge in [0.25, 0.3) is 5.91 Å². The number of nitrogens with one attached hydrogen (secondary N) is 1. The Morgan fingerprint density at radius 3 is 2.73 bits per heavy atom. The number of hydrogen-bond donors (Lipinski definition) is 1. The predicted molar refractivity (Wildman–Crippen MR) is 50.5 cm³/mol. The van der Waals surface area contributed by atoms with Crippen LogP contribution in [0.3, 0.4) is 0 Å². The van der Waals surface area contributed by atoms with E-state index in [1.54, 1.807) is 6.92 Å². The third-order valence-corrected chi connectivity index (χ3v) is 1.85. The van der Waals surface area contributed by atoms with E-state index < -0.39 is 23.1 Å². The van der Waals surface area contributed by atoms with Crippen molar-refractivity contribution in [3.05, 3.63) is 34.4 Å². The van der Waals surface area contributed by atoms with Crippen LogP contribution in [0.2, 0.25) is 5.02 Å². The number of benzene rings is 1. The van der Waals surface area contributed by atoms with Crippen LogP contribution in [0.5, 0.6) is 0 Å². The van der Waals surface area contributed by atoms with Crippen LogP contribution in [0.15, 0.2) is 12.1 Å². The lowest BCUT2D eigenvalue weighted by Gasteiger charge is -2.05. The van der Waals surface area contributed by atoms with Gasteiger partial charge in [-0.2, -0.15) is 0 Å². The summed E-state index contributed by atoms with van der Waals surface area (Å²) in [5.74, 6) is -2.62. The van der Waals surface area contributed by atoms with E-state index in [9.17, 15) is 13.6 Å². The molecule has 0 unspecified atom stereocenters. The largest absolute Gasteiger partial charge is 0.277 e. The SMILES string of the molecule is CCONC(=O)c1cc(F)c(Cl)cc1F. The third kappa shape index (κ3) is 2.87. The normalized spacial score (nSPS) is 10.1. The minimum absolute atomic E-state index is 0.226. The second-order valence-corrected chi connectivity index (χ2v) is 3.02. The smallest absolute Gasteiger partial charge is 0.274 e. The van der Waals surface area contributed by atoms with Crippen molar-refractivity contribution in [1.29, 1.82) is 0 Å². The molecule has 1 N–H and O–H groups in total. The number of hydrogen-bond acceptors (Lipinski definition) is 2. The Hall–Kier alpha value is -1.20. The molecule has 0 aliphatic carbocycles. The van der Waals surface area contributed by atoms with Crippen LogP contribution in [-0.4, -0.2) is 12.5 Å². The van der Waals surface area contributed by atoms with Crippen molar-refractivity contribution in [2.75, 3.05) is 6.61 Å². The fraction of sp³-hybridized carbons (Fsp3) is 0.222. The summed E-state index contributed by atoms with van der Waals surface area (Å²) in [5, 5.41) is -0.375. The predicted octanol–water partition coefficient (Wildman–Crippen LogP) is 2.30. The van der Waals surface area contributed by atoms with E-state index in [0.29, 0.717) is 6.07 Å². The monoisotopic (exact) mass is 235 g/mol. The molecule has 0 atom stereocenters. The van der Waals surface area contributed by atoms with E-state index in [2.05, 4.69) is 4.84 Å². The average molecular weight is 236 g/mol. The lowest BCUT2D eigenvalue weighted by atomic mass is 10.2. The number of hydroxylamine groups is 1. The van der Waals surface area contributed by atoms with Gasteiger partial charge in [-0.05, 0) is 19.1 Å². The molecule has 0 radical (unpaired) electrons. The van der Waals surface area contributed by atoms with E-state index in [4.69, 9.17) is 11.6 Å². The fourth-order valence-electron chi connectivity index (χ4n) is 0.889. The van der Waals surface area contributed by atoms with Gasteiger partial charge in [0.05, 0.1) is 17.2 Å². The van der Waals surface area contributed by atoms with Gasteiger partial charge in [0.1, 0.15) is 11.6 Å². The molecular formula is C9H8ClF2NO2. The highest BCUT2D eigenvalue weighted by Crippen LogP contribution is 2.19. The lowest BCUT2D eigenvalue weighted by molar-refractivity contribution is 0.0360. The van der Waals surface area contributed by atoms with Gasteiger partial charge < -0.3 is 0 Å². The molecule has 1 aromatic carbocycles. The van der Waals surface area contributed by atoms with E-state index >= 15 is 0 Å². The lowest BCUT2D eigenvalue weighted by Crippen LogP contribution is -2.24. The van der Waals surface area contributed by atoms with Crippen LogP contribution in [-0.2, 0) is 4.84 Å². The summed E-state index contributed by atoms with van der Waals surface area (Å²) in [6.45, 7) is 1.86. The van der Waals surface area contributed by atoms with Crippen molar-refractivity contribution in [2.24, 2.45) is 0 Å². The summed E-state index contributed by atoms with van der Waals surface area (Å²) in [5.41, 5.74) is 1.49. The van der Waals surface area contributed by atoms with Crippen molar-refractivity contribution < 1.29 is 18.4 Å². The van der Waals surface area contributed by atoms with E-state index in [1.807, 2.05) is 5.48 Å². The van der Waals surface area contributed by atoms with E-state index in [-0.39, 0.29) is 11.6 Å². The molecule has 0 heterocycles. The molecule has 0 fully saturated rings. The van der Waals surface area contributed by atoms with Gasteiger partial charge in [0.15, 0.2) is 0 Å². The van der Waals surface area contributed by atoms with Crippen molar-refractivity contribution in [3.8, 4) is 0 Å². The highest BCUT2D eigenvalue weighted by atomic mass is 35.5. The summed E-state index contributed by atoms with van der Waals surface area (Å²) in [4.78, 5) is 15.8. The van der Waals surface area contributed by atoms with Gasteiger partial charge in [-0.1, -0.05) is 11.6 Å². The minimum Gasteiger partial charge on any atom is -0.274 e.